The molecule has 0 radical (unpaired) electrons. The minimum atomic E-state index is -0.0260. The highest BCUT2D eigenvalue weighted by atomic mass is 79.9. The van der Waals surface area contributed by atoms with E-state index < -0.39 is 0 Å². The maximum Gasteiger partial charge on any atom is 0.254 e. The summed E-state index contributed by atoms with van der Waals surface area (Å²) >= 11 is 3.27. The topological polar surface area (TPSA) is 42.0 Å². The van der Waals surface area contributed by atoms with E-state index in [1.54, 1.807) is 18.3 Å². The Hall–Kier alpha value is -0.900. The van der Waals surface area contributed by atoms with Gasteiger partial charge in [-0.25, -0.2) is 4.98 Å². The van der Waals surface area contributed by atoms with Gasteiger partial charge in [-0.2, -0.15) is 0 Å². The highest BCUT2D eigenvalue weighted by molar-refractivity contribution is 9.10. The van der Waals surface area contributed by atoms with Crippen molar-refractivity contribution in [3.8, 4) is 0 Å². The third-order valence-corrected chi connectivity index (χ3v) is 3.33. The van der Waals surface area contributed by atoms with E-state index in [2.05, 4.69) is 26.2 Å². The Balaban J connectivity index is 2.04. The lowest BCUT2D eigenvalue weighted by atomic mass is 10.2. The van der Waals surface area contributed by atoms with Crippen LogP contribution in [0.3, 0.4) is 0 Å². The standard InChI is InChI=1S/C11H13BrN2O/c12-10-9(6-3-7-13-10)11(15)14-8-4-1-2-5-8/h3,6-8H,1-2,4-5H2,(H,14,15). The molecule has 2 rings (SSSR count). The van der Waals surface area contributed by atoms with Crippen LogP contribution in [0.15, 0.2) is 22.9 Å². The molecule has 1 aromatic heterocycles. The van der Waals surface area contributed by atoms with E-state index in [9.17, 15) is 4.79 Å². The number of aromatic nitrogens is 1. The van der Waals surface area contributed by atoms with Gasteiger partial charge in [0.1, 0.15) is 4.60 Å². The Morgan fingerprint density at radius 2 is 2.20 bits per heavy atom. The van der Waals surface area contributed by atoms with E-state index in [1.165, 1.54) is 12.8 Å². The SMILES string of the molecule is O=C(NC1CCCC1)c1cccnc1Br. The number of hydrogen-bond donors (Lipinski definition) is 1. The van der Waals surface area contributed by atoms with Crippen molar-refractivity contribution < 1.29 is 4.79 Å². The number of pyridine rings is 1. The second-order valence-electron chi connectivity index (χ2n) is 3.80. The molecule has 0 saturated heterocycles. The largest absolute Gasteiger partial charge is 0.349 e. The Kier molecular flexibility index (Phi) is 3.36. The van der Waals surface area contributed by atoms with Crippen LogP contribution in [0, 0.1) is 0 Å². The van der Waals surface area contributed by atoms with Crippen LogP contribution in [0.4, 0.5) is 0 Å². The first-order valence-corrected chi connectivity index (χ1v) is 5.98. The number of carbonyl (C=O) groups excluding carboxylic acids is 1. The van der Waals surface area contributed by atoms with Crippen molar-refractivity contribution in [3.05, 3.63) is 28.5 Å². The monoisotopic (exact) mass is 268 g/mol. The molecule has 80 valence electrons. The minimum Gasteiger partial charge on any atom is -0.349 e. The number of halogens is 1. The van der Waals surface area contributed by atoms with Gasteiger partial charge < -0.3 is 5.32 Å². The molecular weight excluding hydrogens is 256 g/mol. The second-order valence-corrected chi connectivity index (χ2v) is 4.55. The van der Waals surface area contributed by atoms with Gasteiger partial charge in [0.2, 0.25) is 0 Å². The Labute approximate surface area is 97.4 Å². The summed E-state index contributed by atoms with van der Waals surface area (Å²) in [4.78, 5) is 15.9. The molecule has 1 fully saturated rings. The third kappa shape index (κ3) is 2.56. The molecule has 1 aromatic rings. The summed E-state index contributed by atoms with van der Waals surface area (Å²) in [6.07, 6.45) is 6.31. The number of nitrogens with zero attached hydrogens (tertiary/aromatic N) is 1. The summed E-state index contributed by atoms with van der Waals surface area (Å²) in [6, 6.07) is 3.90. The van der Waals surface area contributed by atoms with Gasteiger partial charge in [0.05, 0.1) is 5.56 Å². The van der Waals surface area contributed by atoms with Crippen LogP contribution in [0.2, 0.25) is 0 Å². The highest BCUT2D eigenvalue weighted by Crippen LogP contribution is 2.19. The van der Waals surface area contributed by atoms with E-state index in [-0.39, 0.29) is 5.91 Å². The maximum atomic E-state index is 11.8. The summed E-state index contributed by atoms with van der Waals surface area (Å²) in [5.41, 5.74) is 0.615. The van der Waals surface area contributed by atoms with Crippen LogP contribution in [0.25, 0.3) is 0 Å². The molecule has 0 bridgehead atoms. The van der Waals surface area contributed by atoms with Crippen LogP contribution >= 0.6 is 15.9 Å². The third-order valence-electron chi connectivity index (χ3n) is 2.69. The van der Waals surface area contributed by atoms with Gasteiger partial charge in [0.15, 0.2) is 0 Å². The van der Waals surface area contributed by atoms with Crippen molar-refractivity contribution in [3.63, 3.8) is 0 Å². The summed E-state index contributed by atoms with van der Waals surface area (Å²) in [5, 5.41) is 3.03. The van der Waals surface area contributed by atoms with Crippen LogP contribution in [-0.2, 0) is 0 Å². The average molecular weight is 269 g/mol. The van der Waals surface area contributed by atoms with Gasteiger partial charge in [-0.15, -0.1) is 0 Å². The molecule has 0 unspecified atom stereocenters. The zero-order valence-corrected chi connectivity index (χ0v) is 9.96. The lowest BCUT2D eigenvalue weighted by molar-refractivity contribution is 0.0936. The Morgan fingerprint density at radius 1 is 1.47 bits per heavy atom. The molecule has 0 aliphatic heterocycles. The Bertz CT molecular complexity index is 361. The van der Waals surface area contributed by atoms with Crippen LogP contribution in [-0.4, -0.2) is 16.9 Å². The first kappa shape index (κ1) is 10.6. The summed E-state index contributed by atoms with van der Waals surface area (Å²) in [7, 11) is 0. The lowest BCUT2D eigenvalue weighted by Gasteiger charge is -2.12. The molecule has 1 aliphatic rings. The van der Waals surface area contributed by atoms with E-state index in [0.29, 0.717) is 16.2 Å². The molecule has 0 aromatic carbocycles. The Morgan fingerprint density at radius 3 is 2.87 bits per heavy atom. The number of hydrogen-bond acceptors (Lipinski definition) is 2. The summed E-state index contributed by atoms with van der Waals surface area (Å²) < 4.78 is 0.612. The predicted octanol–water partition coefficient (Wildman–Crippen LogP) is 2.52. The summed E-state index contributed by atoms with van der Waals surface area (Å²) in [6.45, 7) is 0. The fraction of sp³-hybridized carbons (Fsp3) is 0.455. The van der Waals surface area contributed by atoms with Crippen molar-refractivity contribution in [2.24, 2.45) is 0 Å². The van der Waals surface area contributed by atoms with Crippen molar-refractivity contribution >= 4 is 21.8 Å². The van der Waals surface area contributed by atoms with Gasteiger partial charge in [-0.1, -0.05) is 12.8 Å². The van der Waals surface area contributed by atoms with E-state index in [0.717, 1.165) is 12.8 Å². The highest BCUT2D eigenvalue weighted by Gasteiger charge is 2.19. The second kappa shape index (κ2) is 4.75. The van der Waals surface area contributed by atoms with Crippen molar-refractivity contribution in [1.29, 1.82) is 0 Å². The zero-order valence-electron chi connectivity index (χ0n) is 8.37. The van der Waals surface area contributed by atoms with Crippen LogP contribution in [0.1, 0.15) is 36.0 Å². The zero-order chi connectivity index (χ0) is 10.7. The quantitative estimate of drug-likeness (QED) is 0.838. The van der Waals surface area contributed by atoms with E-state index in [4.69, 9.17) is 0 Å². The van der Waals surface area contributed by atoms with Crippen LogP contribution in [0.5, 0.6) is 0 Å². The predicted molar refractivity (Wildman–Crippen MR) is 61.7 cm³/mol. The molecule has 0 atom stereocenters. The first-order valence-electron chi connectivity index (χ1n) is 5.19. The van der Waals surface area contributed by atoms with E-state index in [1.807, 2.05) is 0 Å². The molecule has 4 heteroatoms. The molecule has 0 spiro atoms. The minimum absolute atomic E-state index is 0.0260. The molecule has 1 aliphatic carbocycles. The molecule has 1 saturated carbocycles. The van der Waals surface area contributed by atoms with Gasteiger partial charge >= 0.3 is 0 Å². The molecule has 15 heavy (non-hydrogen) atoms. The fourth-order valence-electron chi connectivity index (χ4n) is 1.89. The molecule has 1 amide bonds. The summed E-state index contributed by atoms with van der Waals surface area (Å²) in [5.74, 6) is -0.0260. The van der Waals surface area contributed by atoms with E-state index >= 15 is 0 Å². The molecule has 1 heterocycles. The van der Waals surface area contributed by atoms with Crippen molar-refractivity contribution in [2.45, 2.75) is 31.7 Å². The average Bonchev–Trinajstić information content (AvgIpc) is 2.71. The van der Waals surface area contributed by atoms with Crippen molar-refractivity contribution in [1.82, 2.24) is 10.3 Å². The van der Waals surface area contributed by atoms with Crippen molar-refractivity contribution in [2.75, 3.05) is 0 Å². The van der Waals surface area contributed by atoms with Gasteiger partial charge in [0.25, 0.3) is 5.91 Å². The number of carbonyl (C=O) groups is 1. The van der Waals surface area contributed by atoms with Gasteiger partial charge in [-0.05, 0) is 40.9 Å². The molecule has 3 nitrogen and oxygen atoms in total. The lowest BCUT2D eigenvalue weighted by Crippen LogP contribution is -2.32. The van der Waals surface area contributed by atoms with Gasteiger partial charge in [0, 0.05) is 12.2 Å². The number of nitrogens with one attached hydrogen (secondary N) is 1. The smallest absolute Gasteiger partial charge is 0.254 e. The molecular formula is C11H13BrN2O. The number of rotatable bonds is 2. The van der Waals surface area contributed by atoms with Crippen LogP contribution < -0.4 is 5.32 Å². The fourth-order valence-corrected chi connectivity index (χ4v) is 2.32. The molecule has 1 N–H and O–H groups in total. The first-order chi connectivity index (χ1) is 7.27. The van der Waals surface area contributed by atoms with Gasteiger partial charge in [-0.3, -0.25) is 4.79 Å². The maximum absolute atomic E-state index is 11.8. The normalized spacial score (nSPS) is 16.6. The number of amides is 1.